The number of aliphatic imine (C=N–C) groups is 1. The quantitative estimate of drug-likeness (QED) is 0.533. The lowest BCUT2D eigenvalue weighted by Gasteiger charge is -2.18. The van der Waals surface area contributed by atoms with Crippen LogP contribution in [0.4, 0.5) is 10.1 Å². The molecule has 7 nitrogen and oxygen atoms in total. The summed E-state index contributed by atoms with van der Waals surface area (Å²) in [5, 5.41) is 13.4. The van der Waals surface area contributed by atoms with Crippen LogP contribution in [0.25, 0.3) is 0 Å². The number of nitrogens with zero attached hydrogens (tertiary/aromatic N) is 3. The van der Waals surface area contributed by atoms with Crippen molar-refractivity contribution in [1.29, 1.82) is 0 Å². The molecule has 0 radical (unpaired) electrons. The average molecular weight is 374 g/mol. The predicted molar refractivity (Wildman–Crippen MR) is 105 cm³/mol. The van der Waals surface area contributed by atoms with Gasteiger partial charge in [0.25, 0.3) is 0 Å². The second kappa shape index (κ2) is 9.16. The number of halogens is 1. The van der Waals surface area contributed by atoms with Gasteiger partial charge in [-0.3, -0.25) is 14.5 Å². The van der Waals surface area contributed by atoms with Crippen molar-refractivity contribution in [3.05, 3.63) is 47.0 Å². The number of amides is 1. The maximum Gasteiger partial charge on any atom is 0.243 e. The van der Waals surface area contributed by atoms with Gasteiger partial charge >= 0.3 is 0 Å². The number of carbonyl (C=O) groups is 1. The van der Waals surface area contributed by atoms with Crippen LogP contribution in [0.5, 0.6) is 0 Å². The van der Waals surface area contributed by atoms with E-state index in [9.17, 15) is 9.18 Å². The molecule has 1 amide bonds. The molecule has 27 heavy (non-hydrogen) atoms. The standard InChI is InChI=1S/C19H27FN6O/c1-12(10-17-13(2)25-26(5)14(17)3)23-19(21-4)22-11-18(27)24-16-8-6-15(20)7-9-16/h6-9,12H,10-11H2,1-5H3,(H,24,27)(H2,21,22,23). The van der Waals surface area contributed by atoms with Gasteiger partial charge in [0.05, 0.1) is 12.2 Å². The molecular weight excluding hydrogens is 347 g/mol. The van der Waals surface area contributed by atoms with E-state index in [1.165, 1.54) is 29.8 Å². The van der Waals surface area contributed by atoms with Gasteiger partial charge in [0.1, 0.15) is 5.82 Å². The topological polar surface area (TPSA) is 83.3 Å². The zero-order chi connectivity index (χ0) is 20.0. The van der Waals surface area contributed by atoms with Crippen molar-refractivity contribution in [3.63, 3.8) is 0 Å². The van der Waals surface area contributed by atoms with E-state index in [0.717, 1.165) is 17.8 Å². The van der Waals surface area contributed by atoms with E-state index >= 15 is 0 Å². The molecule has 146 valence electrons. The van der Waals surface area contributed by atoms with Crippen molar-refractivity contribution in [2.75, 3.05) is 18.9 Å². The minimum Gasteiger partial charge on any atom is -0.354 e. The first kappa shape index (κ1) is 20.4. The minimum atomic E-state index is -0.344. The van der Waals surface area contributed by atoms with Crippen molar-refractivity contribution in [2.45, 2.75) is 33.2 Å². The van der Waals surface area contributed by atoms with Gasteiger partial charge in [-0.05, 0) is 57.0 Å². The average Bonchev–Trinajstić information content (AvgIpc) is 2.86. The van der Waals surface area contributed by atoms with Crippen LogP contribution in [-0.4, -0.2) is 41.3 Å². The SMILES string of the molecule is CN=C(NCC(=O)Nc1ccc(F)cc1)NC(C)Cc1c(C)nn(C)c1C. The molecule has 2 rings (SSSR count). The van der Waals surface area contributed by atoms with Gasteiger partial charge in [0, 0.05) is 31.5 Å². The molecule has 0 aliphatic heterocycles. The number of rotatable bonds is 6. The molecule has 2 aromatic rings. The minimum absolute atomic E-state index is 0.0503. The fourth-order valence-corrected chi connectivity index (χ4v) is 2.80. The Hall–Kier alpha value is -2.90. The van der Waals surface area contributed by atoms with E-state index in [0.29, 0.717) is 11.6 Å². The number of hydrogen-bond acceptors (Lipinski definition) is 3. The Labute approximate surface area is 159 Å². The number of aryl methyl sites for hydroxylation is 2. The van der Waals surface area contributed by atoms with Crippen molar-refractivity contribution in [2.24, 2.45) is 12.0 Å². The van der Waals surface area contributed by atoms with Crippen LogP contribution >= 0.6 is 0 Å². The second-order valence-corrected chi connectivity index (χ2v) is 6.50. The van der Waals surface area contributed by atoms with Crippen molar-refractivity contribution < 1.29 is 9.18 Å². The molecule has 0 spiro atoms. The van der Waals surface area contributed by atoms with Gasteiger partial charge in [-0.25, -0.2) is 4.39 Å². The van der Waals surface area contributed by atoms with E-state index in [2.05, 4.69) is 39.9 Å². The van der Waals surface area contributed by atoms with Crippen LogP contribution in [-0.2, 0) is 18.3 Å². The van der Waals surface area contributed by atoms with Crippen molar-refractivity contribution >= 4 is 17.6 Å². The van der Waals surface area contributed by atoms with E-state index in [-0.39, 0.29) is 24.3 Å². The van der Waals surface area contributed by atoms with Crippen molar-refractivity contribution in [3.8, 4) is 0 Å². The smallest absolute Gasteiger partial charge is 0.243 e. The van der Waals surface area contributed by atoms with Gasteiger partial charge in [-0.15, -0.1) is 0 Å². The number of benzene rings is 1. The Morgan fingerprint density at radius 1 is 1.30 bits per heavy atom. The molecule has 1 aromatic heterocycles. The highest BCUT2D eigenvalue weighted by atomic mass is 19.1. The summed E-state index contributed by atoms with van der Waals surface area (Å²) in [7, 11) is 3.59. The van der Waals surface area contributed by atoms with E-state index in [4.69, 9.17) is 0 Å². The molecule has 0 fully saturated rings. The van der Waals surface area contributed by atoms with Gasteiger partial charge < -0.3 is 16.0 Å². The molecule has 0 aliphatic rings. The van der Waals surface area contributed by atoms with E-state index in [1.807, 2.05) is 18.7 Å². The Kier molecular flexibility index (Phi) is 6.92. The molecule has 1 unspecified atom stereocenters. The fourth-order valence-electron chi connectivity index (χ4n) is 2.80. The van der Waals surface area contributed by atoms with Crippen LogP contribution in [0.3, 0.4) is 0 Å². The zero-order valence-corrected chi connectivity index (χ0v) is 16.4. The molecule has 0 bridgehead atoms. The highest BCUT2D eigenvalue weighted by molar-refractivity contribution is 5.95. The second-order valence-electron chi connectivity index (χ2n) is 6.50. The van der Waals surface area contributed by atoms with Crippen LogP contribution in [0, 0.1) is 19.7 Å². The van der Waals surface area contributed by atoms with Gasteiger partial charge in [0.2, 0.25) is 5.91 Å². The van der Waals surface area contributed by atoms with E-state index < -0.39 is 0 Å². The Balaban J connectivity index is 1.84. The summed E-state index contributed by atoms with van der Waals surface area (Å²) in [6.45, 7) is 6.16. The summed E-state index contributed by atoms with van der Waals surface area (Å²) in [5.74, 6) is -0.0454. The molecule has 1 aromatic carbocycles. The van der Waals surface area contributed by atoms with Crippen LogP contribution in [0.2, 0.25) is 0 Å². The van der Waals surface area contributed by atoms with E-state index in [1.54, 1.807) is 7.05 Å². The van der Waals surface area contributed by atoms with Crippen molar-refractivity contribution in [1.82, 2.24) is 20.4 Å². The Morgan fingerprint density at radius 3 is 2.52 bits per heavy atom. The number of guanidine groups is 1. The molecule has 1 atom stereocenters. The first-order valence-electron chi connectivity index (χ1n) is 8.81. The van der Waals surface area contributed by atoms with Gasteiger partial charge in [-0.2, -0.15) is 5.10 Å². The lowest BCUT2D eigenvalue weighted by molar-refractivity contribution is -0.115. The summed E-state index contributed by atoms with van der Waals surface area (Å²) in [6.07, 6.45) is 0.800. The number of hydrogen-bond donors (Lipinski definition) is 3. The number of anilines is 1. The molecule has 0 aliphatic carbocycles. The molecule has 1 heterocycles. The molecule has 3 N–H and O–H groups in total. The first-order chi connectivity index (χ1) is 12.8. The summed E-state index contributed by atoms with van der Waals surface area (Å²) >= 11 is 0. The fraction of sp³-hybridized carbons (Fsp3) is 0.421. The van der Waals surface area contributed by atoms with Gasteiger partial charge in [0.15, 0.2) is 5.96 Å². The first-order valence-corrected chi connectivity index (χ1v) is 8.81. The summed E-state index contributed by atoms with van der Waals surface area (Å²) in [6, 6.07) is 5.74. The lowest BCUT2D eigenvalue weighted by atomic mass is 10.1. The monoisotopic (exact) mass is 374 g/mol. The predicted octanol–water partition coefficient (Wildman–Crippen LogP) is 1.91. The summed E-state index contributed by atoms with van der Waals surface area (Å²) in [5.41, 5.74) is 3.91. The maximum absolute atomic E-state index is 12.9. The maximum atomic E-state index is 12.9. The van der Waals surface area contributed by atoms with Crippen LogP contribution in [0.1, 0.15) is 23.9 Å². The van der Waals surface area contributed by atoms with Crippen LogP contribution in [0.15, 0.2) is 29.3 Å². The molecule has 0 saturated carbocycles. The largest absolute Gasteiger partial charge is 0.354 e. The molecular formula is C19H27FN6O. The van der Waals surface area contributed by atoms with Crippen LogP contribution < -0.4 is 16.0 Å². The highest BCUT2D eigenvalue weighted by Gasteiger charge is 2.14. The summed E-state index contributed by atoms with van der Waals surface area (Å²) in [4.78, 5) is 16.2. The molecule has 8 heteroatoms. The number of nitrogens with one attached hydrogen (secondary N) is 3. The third-order valence-corrected chi connectivity index (χ3v) is 4.32. The number of carbonyl (C=O) groups excluding carboxylic acids is 1. The number of aromatic nitrogens is 2. The Bertz CT molecular complexity index is 812. The third kappa shape index (κ3) is 5.80. The molecule has 0 saturated heterocycles. The van der Waals surface area contributed by atoms with Gasteiger partial charge in [-0.1, -0.05) is 0 Å². The summed E-state index contributed by atoms with van der Waals surface area (Å²) < 4.78 is 14.8. The third-order valence-electron chi connectivity index (χ3n) is 4.32. The highest BCUT2D eigenvalue weighted by Crippen LogP contribution is 2.14. The lowest BCUT2D eigenvalue weighted by Crippen LogP contribution is -2.45. The zero-order valence-electron chi connectivity index (χ0n) is 16.4. The Morgan fingerprint density at radius 2 is 1.96 bits per heavy atom. The normalized spacial score (nSPS) is 12.6.